The zero-order chi connectivity index (χ0) is 6.91. The van der Waals surface area contributed by atoms with Gasteiger partial charge in [-0.25, -0.2) is 4.39 Å². The van der Waals surface area contributed by atoms with Crippen LogP contribution < -0.4 is 11.2 Å². The summed E-state index contributed by atoms with van der Waals surface area (Å²) in [6.45, 7) is 0. The van der Waals surface area contributed by atoms with Crippen molar-refractivity contribution in [2.75, 3.05) is 7.05 Å². The summed E-state index contributed by atoms with van der Waals surface area (Å²) in [4.78, 5) is 0. The predicted octanol–water partition coefficient (Wildman–Crippen LogP) is -0.0199. The fourth-order valence-electron chi connectivity index (χ4n) is 0.751. The molecule has 0 aliphatic heterocycles. The van der Waals surface area contributed by atoms with Crippen molar-refractivity contribution in [3.63, 3.8) is 0 Å². The quantitative estimate of drug-likeness (QED) is 0.227. The van der Waals surface area contributed by atoms with E-state index in [1.807, 2.05) is 0 Å². The van der Waals surface area contributed by atoms with Gasteiger partial charge in [0.05, 0.1) is 0 Å². The lowest BCUT2D eigenvalue weighted by atomic mass is 10.3. The molecule has 1 aliphatic rings. The summed E-state index contributed by atoms with van der Waals surface area (Å²) in [5.41, 5.74) is -1.22. The maximum absolute atomic E-state index is 12.9. The van der Waals surface area contributed by atoms with Crippen molar-refractivity contribution in [3.8, 4) is 0 Å². The average molecular weight is 131 g/mol. The molecule has 0 aromatic heterocycles. The van der Waals surface area contributed by atoms with Crippen LogP contribution in [0.25, 0.3) is 0 Å². The number of hydrogen-bond acceptors (Lipinski definition) is 2. The molecule has 0 heterocycles. The summed E-state index contributed by atoms with van der Waals surface area (Å²) < 4.78 is 12.9. The van der Waals surface area contributed by atoms with E-state index in [4.69, 9.17) is 5.84 Å². The van der Waals surface area contributed by atoms with Gasteiger partial charge in [-0.05, 0) is 12.8 Å². The Kier molecular flexibility index (Phi) is 1.31. The Hall–Kier alpha value is -0.800. The van der Waals surface area contributed by atoms with Crippen LogP contribution in [0.2, 0.25) is 0 Å². The molecular formula is C5H10FN3. The first-order valence-electron chi connectivity index (χ1n) is 2.88. The fourth-order valence-corrected chi connectivity index (χ4v) is 0.751. The molecule has 3 N–H and O–H groups in total. The third-order valence-electron chi connectivity index (χ3n) is 1.48. The van der Waals surface area contributed by atoms with Crippen LogP contribution >= 0.6 is 0 Å². The van der Waals surface area contributed by atoms with Gasteiger partial charge in [0.1, 0.15) is 0 Å². The van der Waals surface area contributed by atoms with Crippen LogP contribution in [0, 0.1) is 0 Å². The monoisotopic (exact) mass is 131 g/mol. The number of hydrazone groups is 1. The van der Waals surface area contributed by atoms with Crippen LogP contribution in [-0.2, 0) is 0 Å². The second-order valence-electron chi connectivity index (χ2n) is 2.19. The van der Waals surface area contributed by atoms with Crippen LogP contribution in [0.3, 0.4) is 0 Å². The SMILES string of the molecule is CN/C(=N\N)C1(F)CC1. The average Bonchev–Trinajstić information content (AvgIpc) is 2.52. The predicted molar refractivity (Wildman–Crippen MR) is 33.8 cm³/mol. The molecule has 0 bridgehead atoms. The number of hydrogen-bond donors (Lipinski definition) is 2. The normalized spacial score (nSPS) is 23.6. The molecule has 0 unspecified atom stereocenters. The molecule has 0 atom stereocenters. The Labute approximate surface area is 53.1 Å². The van der Waals surface area contributed by atoms with Crippen molar-refractivity contribution in [3.05, 3.63) is 0 Å². The first-order chi connectivity index (χ1) is 4.23. The number of rotatable bonds is 1. The van der Waals surface area contributed by atoms with Crippen molar-refractivity contribution < 1.29 is 4.39 Å². The first-order valence-corrected chi connectivity index (χ1v) is 2.88. The van der Waals surface area contributed by atoms with Gasteiger partial charge in [0, 0.05) is 7.05 Å². The first kappa shape index (κ1) is 6.32. The van der Waals surface area contributed by atoms with Gasteiger partial charge in [-0.3, -0.25) is 0 Å². The number of amidine groups is 1. The van der Waals surface area contributed by atoms with Crippen molar-refractivity contribution >= 4 is 5.84 Å². The molecule has 0 spiro atoms. The Bertz CT molecular complexity index is 139. The summed E-state index contributed by atoms with van der Waals surface area (Å²) in [5.74, 6) is 5.16. The van der Waals surface area contributed by atoms with Gasteiger partial charge in [0.25, 0.3) is 0 Å². The lowest BCUT2D eigenvalue weighted by Crippen LogP contribution is -2.31. The van der Waals surface area contributed by atoms with E-state index in [0.717, 1.165) is 0 Å². The van der Waals surface area contributed by atoms with E-state index >= 15 is 0 Å². The van der Waals surface area contributed by atoms with E-state index in [-0.39, 0.29) is 5.84 Å². The number of nitrogens with one attached hydrogen (secondary N) is 1. The minimum absolute atomic E-state index is 0.266. The van der Waals surface area contributed by atoms with Gasteiger partial charge in [0.2, 0.25) is 0 Å². The van der Waals surface area contributed by atoms with E-state index in [9.17, 15) is 4.39 Å². The Morgan fingerprint density at radius 2 is 2.33 bits per heavy atom. The van der Waals surface area contributed by atoms with Crippen molar-refractivity contribution in [2.45, 2.75) is 18.5 Å². The summed E-state index contributed by atoms with van der Waals surface area (Å²) in [5, 5.41) is 5.88. The van der Waals surface area contributed by atoms with Gasteiger partial charge in [0.15, 0.2) is 11.5 Å². The highest BCUT2D eigenvalue weighted by Gasteiger charge is 2.48. The molecule has 0 amide bonds. The molecule has 3 nitrogen and oxygen atoms in total. The molecule has 0 aromatic carbocycles. The van der Waals surface area contributed by atoms with Gasteiger partial charge in [-0.1, -0.05) is 0 Å². The van der Waals surface area contributed by atoms with E-state index in [1.165, 1.54) is 0 Å². The maximum atomic E-state index is 12.9. The summed E-state index contributed by atoms with van der Waals surface area (Å²) in [6, 6.07) is 0. The molecule has 52 valence electrons. The minimum atomic E-state index is -1.22. The summed E-state index contributed by atoms with van der Waals surface area (Å²) in [6.07, 6.45) is 1.09. The van der Waals surface area contributed by atoms with Crippen LogP contribution in [0.15, 0.2) is 5.10 Å². The van der Waals surface area contributed by atoms with Gasteiger partial charge >= 0.3 is 0 Å². The van der Waals surface area contributed by atoms with Crippen molar-refractivity contribution in [1.29, 1.82) is 0 Å². The molecule has 1 rings (SSSR count). The van der Waals surface area contributed by atoms with Gasteiger partial charge in [-0.15, -0.1) is 0 Å². The highest BCUT2D eigenvalue weighted by atomic mass is 19.1. The molecule has 0 aromatic rings. The largest absolute Gasteiger partial charge is 0.372 e. The van der Waals surface area contributed by atoms with Crippen molar-refractivity contribution in [1.82, 2.24) is 5.32 Å². The maximum Gasteiger partial charge on any atom is 0.169 e. The van der Waals surface area contributed by atoms with Crippen LogP contribution in [0.5, 0.6) is 0 Å². The summed E-state index contributed by atoms with van der Waals surface area (Å²) in [7, 11) is 1.62. The molecule has 9 heavy (non-hydrogen) atoms. The Balaban J connectivity index is 2.58. The summed E-state index contributed by atoms with van der Waals surface area (Å²) >= 11 is 0. The third kappa shape index (κ3) is 0.966. The fraction of sp³-hybridized carbons (Fsp3) is 0.800. The molecular weight excluding hydrogens is 121 g/mol. The van der Waals surface area contributed by atoms with E-state index < -0.39 is 5.67 Å². The molecule has 4 heteroatoms. The Morgan fingerprint density at radius 3 is 2.44 bits per heavy atom. The lowest BCUT2D eigenvalue weighted by molar-refractivity contribution is 0.398. The van der Waals surface area contributed by atoms with Crippen LogP contribution in [-0.4, -0.2) is 18.6 Å². The number of halogens is 1. The Morgan fingerprint density at radius 1 is 1.78 bits per heavy atom. The highest BCUT2D eigenvalue weighted by molar-refractivity contribution is 5.92. The van der Waals surface area contributed by atoms with E-state index in [2.05, 4.69) is 10.4 Å². The van der Waals surface area contributed by atoms with Crippen molar-refractivity contribution in [2.24, 2.45) is 10.9 Å². The number of nitrogens with zero attached hydrogens (tertiary/aromatic N) is 1. The second-order valence-corrected chi connectivity index (χ2v) is 2.19. The van der Waals surface area contributed by atoms with E-state index in [1.54, 1.807) is 7.05 Å². The highest BCUT2D eigenvalue weighted by Crippen LogP contribution is 2.40. The lowest BCUT2D eigenvalue weighted by Gasteiger charge is -2.05. The standard InChI is InChI=1S/C5H10FN3/c1-8-4(9-7)5(6)2-3-5/h2-3,7H2,1H3,(H,8,9). The van der Waals surface area contributed by atoms with Crippen LogP contribution in [0.4, 0.5) is 4.39 Å². The number of alkyl halides is 1. The van der Waals surface area contributed by atoms with Gasteiger partial charge < -0.3 is 11.2 Å². The molecule has 1 fully saturated rings. The topological polar surface area (TPSA) is 50.4 Å². The smallest absolute Gasteiger partial charge is 0.169 e. The zero-order valence-corrected chi connectivity index (χ0v) is 5.32. The number of nitrogens with two attached hydrogens (primary N) is 1. The molecule has 0 saturated heterocycles. The van der Waals surface area contributed by atoms with E-state index in [0.29, 0.717) is 12.8 Å². The third-order valence-corrected chi connectivity index (χ3v) is 1.48. The molecule has 1 aliphatic carbocycles. The molecule has 1 saturated carbocycles. The zero-order valence-electron chi connectivity index (χ0n) is 5.32. The van der Waals surface area contributed by atoms with Crippen LogP contribution in [0.1, 0.15) is 12.8 Å². The van der Waals surface area contributed by atoms with Gasteiger partial charge in [-0.2, -0.15) is 5.10 Å². The molecule has 0 radical (unpaired) electrons. The minimum Gasteiger partial charge on any atom is -0.372 e. The second kappa shape index (κ2) is 1.86.